The molecule has 0 saturated carbocycles. The number of carbonyl (C=O) groups is 1. The Morgan fingerprint density at radius 2 is 1.76 bits per heavy atom. The van der Waals surface area contributed by atoms with E-state index in [4.69, 9.17) is 21.1 Å². The molecule has 1 aromatic heterocycles. The van der Waals surface area contributed by atoms with E-state index in [1.54, 1.807) is 32.4 Å². The number of halogens is 1. The van der Waals surface area contributed by atoms with E-state index in [1.807, 2.05) is 31.2 Å². The minimum Gasteiger partial charge on any atom is -0.493 e. The first-order valence-corrected chi connectivity index (χ1v) is 10.5. The van der Waals surface area contributed by atoms with E-state index in [2.05, 4.69) is 16.5 Å². The molecule has 0 fully saturated rings. The van der Waals surface area contributed by atoms with E-state index in [0.29, 0.717) is 33.4 Å². The summed E-state index contributed by atoms with van der Waals surface area (Å²) in [5.41, 5.74) is 2.59. The molecule has 29 heavy (non-hydrogen) atoms. The second-order valence-corrected chi connectivity index (χ2v) is 7.75. The summed E-state index contributed by atoms with van der Waals surface area (Å²) in [5, 5.41) is 0.693. The number of hydrogen-bond acceptors (Lipinski definition) is 4. The van der Waals surface area contributed by atoms with Gasteiger partial charge >= 0.3 is 0 Å². The molecule has 5 nitrogen and oxygen atoms in total. The third-order valence-electron chi connectivity index (χ3n) is 4.56. The third kappa shape index (κ3) is 4.38. The summed E-state index contributed by atoms with van der Waals surface area (Å²) in [7, 11) is 3.10. The highest BCUT2D eigenvalue weighted by atomic mass is 35.5. The maximum absolute atomic E-state index is 12.9. The van der Waals surface area contributed by atoms with Gasteiger partial charge < -0.3 is 14.0 Å². The summed E-state index contributed by atoms with van der Waals surface area (Å²) in [4.78, 5) is 19.1. The standard InChI is InChI=1S/C22H23ClN2O3S/c1-5-19-20(14-7-10-16(23)11-8-14)25(6-2)22(29-19)24-21(26)15-9-12-17(27-3)18(13-15)28-4/h7-13H,5-6H2,1-4H3. The van der Waals surface area contributed by atoms with Crippen molar-refractivity contribution >= 4 is 28.8 Å². The molecule has 0 saturated heterocycles. The quantitative estimate of drug-likeness (QED) is 0.539. The lowest BCUT2D eigenvalue weighted by atomic mass is 10.1. The largest absolute Gasteiger partial charge is 0.493 e. The normalized spacial score (nSPS) is 11.6. The Morgan fingerprint density at radius 1 is 1.07 bits per heavy atom. The van der Waals surface area contributed by atoms with Crippen LogP contribution in [0.1, 0.15) is 29.1 Å². The van der Waals surface area contributed by atoms with Crippen molar-refractivity contribution in [2.45, 2.75) is 26.8 Å². The third-order valence-corrected chi connectivity index (χ3v) is 6.04. The van der Waals surface area contributed by atoms with E-state index >= 15 is 0 Å². The summed E-state index contributed by atoms with van der Waals surface area (Å²) >= 11 is 7.58. The number of rotatable bonds is 6. The van der Waals surface area contributed by atoms with E-state index < -0.39 is 0 Å². The predicted octanol–water partition coefficient (Wildman–Crippen LogP) is 5.21. The fraction of sp³-hybridized carbons (Fsp3) is 0.273. The molecule has 2 aromatic carbocycles. The molecule has 0 aliphatic heterocycles. The number of benzene rings is 2. The highest BCUT2D eigenvalue weighted by molar-refractivity contribution is 7.09. The number of hydrogen-bond donors (Lipinski definition) is 0. The van der Waals surface area contributed by atoms with Crippen LogP contribution in [0, 0.1) is 0 Å². The Hall–Kier alpha value is -2.57. The Bertz CT molecular complexity index is 1080. The second-order valence-electron chi connectivity index (χ2n) is 6.25. The number of aromatic nitrogens is 1. The number of thiazole rings is 1. The zero-order valence-corrected chi connectivity index (χ0v) is 18.4. The van der Waals surface area contributed by atoms with Crippen LogP contribution < -0.4 is 14.3 Å². The molecule has 0 aliphatic carbocycles. The van der Waals surface area contributed by atoms with Crippen LogP contribution in [0.3, 0.4) is 0 Å². The van der Waals surface area contributed by atoms with Crippen LogP contribution in [0.4, 0.5) is 0 Å². The van der Waals surface area contributed by atoms with Gasteiger partial charge in [-0.05, 0) is 49.2 Å². The summed E-state index contributed by atoms with van der Waals surface area (Å²) in [6, 6.07) is 12.8. The first-order valence-electron chi connectivity index (χ1n) is 9.31. The first kappa shape index (κ1) is 21.1. The van der Waals surface area contributed by atoms with Gasteiger partial charge in [0, 0.05) is 22.0 Å². The molecule has 3 rings (SSSR count). The Balaban J connectivity index is 2.10. The van der Waals surface area contributed by atoms with Gasteiger partial charge in [0.1, 0.15) is 0 Å². The molecule has 0 N–H and O–H groups in total. The first-order chi connectivity index (χ1) is 14.0. The number of nitrogens with zero attached hydrogens (tertiary/aromatic N) is 2. The molecule has 0 spiro atoms. The summed E-state index contributed by atoms with van der Waals surface area (Å²) < 4.78 is 12.6. The fourth-order valence-electron chi connectivity index (χ4n) is 3.12. The van der Waals surface area contributed by atoms with Crippen molar-refractivity contribution in [3.63, 3.8) is 0 Å². The van der Waals surface area contributed by atoms with Gasteiger partial charge in [-0.3, -0.25) is 4.79 Å². The van der Waals surface area contributed by atoms with Crippen LogP contribution >= 0.6 is 22.9 Å². The Kier molecular flexibility index (Phi) is 6.77. The lowest BCUT2D eigenvalue weighted by Gasteiger charge is -2.09. The highest BCUT2D eigenvalue weighted by Crippen LogP contribution is 2.29. The van der Waals surface area contributed by atoms with Gasteiger partial charge in [-0.2, -0.15) is 4.99 Å². The molecule has 152 valence electrons. The average molecular weight is 431 g/mol. The van der Waals surface area contributed by atoms with E-state index in [0.717, 1.165) is 17.7 Å². The Morgan fingerprint density at radius 3 is 2.34 bits per heavy atom. The van der Waals surface area contributed by atoms with Crippen LogP contribution in [0.2, 0.25) is 5.02 Å². The molecular formula is C22H23ClN2O3S. The average Bonchev–Trinajstić information content (AvgIpc) is 3.10. The topological polar surface area (TPSA) is 52.8 Å². The molecule has 0 atom stereocenters. The van der Waals surface area contributed by atoms with Gasteiger partial charge in [-0.25, -0.2) is 0 Å². The van der Waals surface area contributed by atoms with Crippen LogP contribution in [0.5, 0.6) is 11.5 Å². The van der Waals surface area contributed by atoms with Crippen molar-refractivity contribution in [1.82, 2.24) is 4.57 Å². The monoisotopic (exact) mass is 430 g/mol. The predicted molar refractivity (Wildman–Crippen MR) is 117 cm³/mol. The lowest BCUT2D eigenvalue weighted by Crippen LogP contribution is -2.17. The van der Waals surface area contributed by atoms with Gasteiger partial charge in [0.15, 0.2) is 16.3 Å². The van der Waals surface area contributed by atoms with Crippen molar-refractivity contribution in [2.24, 2.45) is 4.99 Å². The molecule has 1 amide bonds. The maximum atomic E-state index is 12.9. The summed E-state index contributed by atoms with van der Waals surface area (Å²) in [5.74, 6) is 0.751. The number of ether oxygens (including phenoxy) is 2. The highest BCUT2D eigenvalue weighted by Gasteiger charge is 2.16. The van der Waals surface area contributed by atoms with Crippen molar-refractivity contribution in [3.8, 4) is 22.8 Å². The van der Waals surface area contributed by atoms with Crippen molar-refractivity contribution in [3.05, 3.63) is 62.7 Å². The number of methoxy groups -OCH3 is 2. The van der Waals surface area contributed by atoms with Crippen molar-refractivity contribution in [2.75, 3.05) is 14.2 Å². The van der Waals surface area contributed by atoms with Gasteiger partial charge in [0.25, 0.3) is 5.91 Å². The second kappa shape index (κ2) is 9.29. The van der Waals surface area contributed by atoms with Crippen LogP contribution in [0.15, 0.2) is 47.5 Å². The Labute approximate surface area is 179 Å². The maximum Gasteiger partial charge on any atom is 0.279 e. The van der Waals surface area contributed by atoms with E-state index in [-0.39, 0.29) is 5.91 Å². The fourth-order valence-corrected chi connectivity index (χ4v) is 4.40. The van der Waals surface area contributed by atoms with Gasteiger partial charge in [0.05, 0.1) is 19.9 Å². The van der Waals surface area contributed by atoms with Crippen LogP contribution in [-0.2, 0) is 13.0 Å². The minimum absolute atomic E-state index is 0.320. The minimum atomic E-state index is -0.320. The van der Waals surface area contributed by atoms with Gasteiger partial charge in [-0.15, -0.1) is 11.3 Å². The molecule has 0 radical (unpaired) electrons. The zero-order chi connectivity index (χ0) is 21.0. The smallest absolute Gasteiger partial charge is 0.279 e. The number of amides is 1. The lowest BCUT2D eigenvalue weighted by molar-refractivity contribution is 0.0997. The summed E-state index contributed by atoms with van der Waals surface area (Å²) in [6.45, 7) is 4.85. The van der Waals surface area contributed by atoms with E-state index in [9.17, 15) is 4.79 Å². The van der Waals surface area contributed by atoms with Crippen molar-refractivity contribution < 1.29 is 14.3 Å². The molecule has 3 aromatic rings. The molecule has 0 bridgehead atoms. The molecule has 0 unspecified atom stereocenters. The SMILES string of the molecule is CCc1sc(=NC(=O)c2ccc(OC)c(OC)c2)n(CC)c1-c1ccc(Cl)cc1. The van der Waals surface area contributed by atoms with Gasteiger partial charge in [-0.1, -0.05) is 30.7 Å². The summed E-state index contributed by atoms with van der Waals surface area (Å²) in [6.07, 6.45) is 0.850. The number of carbonyl (C=O) groups excluding carboxylic acids is 1. The molecule has 7 heteroatoms. The zero-order valence-electron chi connectivity index (χ0n) is 16.9. The van der Waals surface area contributed by atoms with Crippen LogP contribution in [0.25, 0.3) is 11.3 Å². The van der Waals surface area contributed by atoms with E-state index in [1.165, 1.54) is 16.2 Å². The molecule has 0 aliphatic rings. The number of aryl methyl sites for hydroxylation is 1. The molecule has 1 heterocycles. The van der Waals surface area contributed by atoms with Gasteiger partial charge in [0.2, 0.25) is 0 Å². The molecular weight excluding hydrogens is 408 g/mol. The van der Waals surface area contributed by atoms with Crippen molar-refractivity contribution in [1.29, 1.82) is 0 Å². The van der Waals surface area contributed by atoms with Crippen LogP contribution in [-0.4, -0.2) is 24.7 Å².